The van der Waals surface area contributed by atoms with E-state index < -0.39 is 0 Å². The van der Waals surface area contributed by atoms with Crippen molar-refractivity contribution in [3.05, 3.63) is 151 Å². The fourth-order valence-electron chi connectivity index (χ4n) is 7.00. The van der Waals surface area contributed by atoms with Gasteiger partial charge in [-0.15, -0.1) is 0 Å². The van der Waals surface area contributed by atoms with Crippen LogP contribution in [0.1, 0.15) is 11.1 Å². The summed E-state index contributed by atoms with van der Waals surface area (Å²) in [6, 6.07) is 48.7. The molecule has 0 aliphatic heterocycles. The highest BCUT2D eigenvalue weighted by Crippen LogP contribution is 2.38. The lowest BCUT2D eigenvalue weighted by atomic mass is 10.1. The zero-order chi connectivity index (χ0) is 30.8. The molecule has 46 heavy (non-hydrogen) atoms. The van der Waals surface area contributed by atoms with Gasteiger partial charge in [0.1, 0.15) is 0 Å². The normalized spacial score (nSPS) is 11.7. The van der Waals surface area contributed by atoms with Crippen LogP contribution >= 0.6 is 0 Å². The van der Waals surface area contributed by atoms with Crippen LogP contribution in [-0.2, 0) is 0 Å². The summed E-state index contributed by atoms with van der Waals surface area (Å²) < 4.78 is 4.57. The highest BCUT2D eigenvalue weighted by atomic mass is 15.2. The second-order valence-electron chi connectivity index (χ2n) is 11.8. The molecule has 0 bridgehead atoms. The van der Waals surface area contributed by atoms with E-state index in [9.17, 15) is 0 Å². The lowest BCUT2D eigenvalue weighted by Crippen LogP contribution is -2.08. The quantitative estimate of drug-likeness (QED) is 0.205. The van der Waals surface area contributed by atoms with Crippen LogP contribution in [0.15, 0.2) is 140 Å². The molecule has 0 N–H and O–H groups in total. The van der Waals surface area contributed by atoms with Crippen molar-refractivity contribution < 1.29 is 0 Å². The number of hydrogen-bond donors (Lipinski definition) is 0. The highest BCUT2D eigenvalue weighted by molar-refractivity contribution is 6.11. The van der Waals surface area contributed by atoms with Crippen molar-refractivity contribution in [2.24, 2.45) is 0 Å². The van der Waals surface area contributed by atoms with Gasteiger partial charge in [-0.25, -0.2) is 4.98 Å². The molecule has 0 aliphatic rings. The third-order valence-electron chi connectivity index (χ3n) is 9.03. The third-order valence-corrected chi connectivity index (χ3v) is 9.03. The van der Waals surface area contributed by atoms with E-state index in [1.807, 2.05) is 18.2 Å². The maximum atomic E-state index is 5.29. The lowest BCUT2D eigenvalue weighted by Gasteiger charge is -2.16. The summed E-state index contributed by atoms with van der Waals surface area (Å²) in [5.74, 6) is 1.85. The van der Waals surface area contributed by atoms with Gasteiger partial charge in [-0.1, -0.05) is 115 Å². The third kappa shape index (κ3) is 3.92. The van der Waals surface area contributed by atoms with E-state index in [0.29, 0.717) is 17.6 Å². The second-order valence-corrected chi connectivity index (χ2v) is 11.8. The first kappa shape index (κ1) is 26.3. The largest absolute Gasteiger partial charge is 0.308 e. The van der Waals surface area contributed by atoms with Crippen LogP contribution < -0.4 is 0 Å². The number of para-hydroxylation sites is 5. The van der Waals surface area contributed by atoms with Gasteiger partial charge in [-0.3, -0.25) is 4.57 Å². The van der Waals surface area contributed by atoms with Crippen LogP contribution in [0.2, 0.25) is 0 Å². The Labute approximate surface area is 266 Å². The smallest absolute Gasteiger partial charge is 0.238 e. The molecule has 3 aromatic heterocycles. The predicted molar refractivity (Wildman–Crippen MR) is 189 cm³/mol. The van der Waals surface area contributed by atoms with Crippen molar-refractivity contribution in [2.75, 3.05) is 0 Å². The molecule has 0 radical (unpaired) electrons. The number of rotatable bonds is 4. The van der Waals surface area contributed by atoms with Crippen LogP contribution in [0.5, 0.6) is 0 Å². The first-order valence-electron chi connectivity index (χ1n) is 15.6. The fourth-order valence-corrected chi connectivity index (χ4v) is 7.00. The maximum absolute atomic E-state index is 5.29. The van der Waals surface area contributed by atoms with Gasteiger partial charge in [0.05, 0.1) is 27.8 Å². The van der Waals surface area contributed by atoms with Crippen LogP contribution in [0.3, 0.4) is 0 Å². The number of aromatic nitrogens is 5. The number of benzene rings is 6. The fraction of sp³-hybridized carbons (Fsp3) is 0.0488. The Morgan fingerprint density at radius 3 is 1.63 bits per heavy atom. The van der Waals surface area contributed by atoms with E-state index in [4.69, 9.17) is 15.0 Å². The van der Waals surface area contributed by atoms with Crippen molar-refractivity contribution in [1.82, 2.24) is 24.1 Å². The minimum absolute atomic E-state index is 0.595. The van der Waals surface area contributed by atoms with Gasteiger partial charge in [0, 0.05) is 32.7 Å². The molecule has 5 heteroatoms. The summed E-state index contributed by atoms with van der Waals surface area (Å²) in [5.41, 5.74) is 9.78. The molecule has 0 fully saturated rings. The molecule has 5 nitrogen and oxygen atoms in total. The molecular weight excluding hydrogens is 562 g/mol. The molecule has 0 aliphatic carbocycles. The van der Waals surface area contributed by atoms with Crippen molar-refractivity contribution >= 4 is 43.6 Å². The number of aryl methyl sites for hydroxylation is 2. The van der Waals surface area contributed by atoms with E-state index in [-0.39, 0.29) is 0 Å². The Bertz CT molecular complexity index is 2610. The number of hydrogen-bond acceptors (Lipinski definition) is 3. The maximum Gasteiger partial charge on any atom is 0.238 e. The molecule has 0 atom stereocenters. The summed E-state index contributed by atoms with van der Waals surface area (Å²) in [6.07, 6.45) is 0. The minimum Gasteiger partial charge on any atom is -0.308 e. The van der Waals surface area contributed by atoms with Crippen LogP contribution in [0, 0.1) is 13.8 Å². The first-order chi connectivity index (χ1) is 22.7. The van der Waals surface area contributed by atoms with Crippen LogP contribution in [0.4, 0.5) is 0 Å². The van der Waals surface area contributed by atoms with Gasteiger partial charge in [0.25, 0.3) is 0 Å². The monoisotopic (exact) mass is 591 g/mol. The topological polar surface area (TPSA) is 48.5 Å². The zero-order valence-corrected chi connectivity index (χ0v) is 25.5. The van der Waals surface area contributed by atoms with Crippen LogP contribution in [0.25, 0.3) is 78.0 Å². The molecule has 6 aromatic carbocycles. The van der Waals surface area contributed by atoms with Gasteiger partial charge in [0.15, 0.2) is 11.6 Å². The van der Waals surface area contributed by atoms with Crippen molar-refractivity contribution in [3.8, 4) is 34.4 Å². The SMILES string of the molecule is Cc1cccc2c3ccccc3n(-c3nc(-c4ccccc4)nc(-c4ccccc4-n4c5ccccc5c5cccc(C)c54)n3)c12. The highest BCUT2D eigenvalue weighted by Gasteiger charge is 2.21. The van der Waals surface area contributed by atoms with E-state index in [1.54, 1.807) is 0 Å². The zero-order valence-electron chi connectivity index (χ0n) is 25.5. The molecule has 0 spiro atoms. The summed E-state index contributed by atoms with van der Waals surface area (Å²) in [4.78, 5) is 15.6. The molecular formula is C41H29N5. The summed E-state index contributed by atoms with van der Waals surface area (Å²) in [5, 5.41) is 4.80. The molecule has 9 rings (SSSR count). The van der Waals surface area contributed by atoms with Gasteiger partial charge in [0.2, 0.25) is 5.95 Å². The average molecular weight is 592 g/mol. The Kier molecular flexibility index (Phi) is 5.87. The van der Waals surface area contributed by atoms with Gasteiger partial charge in [-0.2, -0.15) is 9.97 Å². The number of fused-ring (bicyclic) bond motifs is 6. The lowest BCUT2D eigenvalue weighted by molar-refractivity contribution is 0.949. The standard InChI is InChI=1S/C41H29N5/c1-26-14-12-21-31-29-18-6-9-23-34(29)45(37(26)31)36-25-11-8-20-33(36)40-42-39(28-16-4-3-5-17-28)43-41(44-40)46-35-24-10-7-19-30(35)32-22-13-15-27(2)38(32)46/h3-25H,1-2H3. The minimum atomic E-state index is 0.595. The molecule has 3 heterocycles. The van der Waals surface area contributed by atoms with E-state index in [0.717, 1.165) is 38.9 Å². The van der Waals surface area contributed by atoms with Gasteiger partial charge < -0.3 is 4.57 Å². The molecule has 0 amide bonds. The first-order valence-corrected chi connectivity index (χ1v) is 15.6. The van der Waals surface area contributed by atoms with Crippen molar-refractivity contribution in [3.63, 3.8) is 0 Å². The average Bonchev–Trinajstić information content (AvgIpc) is 3.63. The summed E-state index contributed by atoms with van der Waals surface area (Å²) in [6.45, 7) is 4.33. The predicted octanol–water partition coefficient (Wildman–Crippen LogP) is 10.0. The van der Waals surface area contributed by atoms with E-state index in [2.05, 4.69) is 144 Å². The summed E-state index contributed by atoms with van der Waals surface area (Å²) >= 11 is 0. The van der Waals surface area contributed by atoms with Crippen molar-refractivity contribution in [2.45, 2.75) is 13.8 Å². The molecule has 9 aromatic rings. The molecule has 0 saturated heterocycles. The Morgan fingerprint density at radius 2 is 0.935 bits per heavy atom. The molecule has 0 saturated carbocycles. The Hall–Kier alpha value is -6.07. The molecule has 0 unspecified atom stereocenters. The summed E-state index contributed by atoms with van der Waals surface area (Å²) in [7, 11) is 0. The van der Waals surface area contributed by atoms with Crippen LogP contribution in [-0.4, -0.2) is 24.1 Å². The molecule has 218 valence electrons. The Balaban J connectivity index is 1.38. The van der Waals surface area contributed by atoms with Gasteiger partial charge in [-0.05, 0) is 49.2 Å². The number of nitrogens with zero attached hydrogens (tertiary/aromatic N) is 5. The van der Waals surface area contributed by atoms with Gasteiger partial charge >= 0.3 is 0 Å². The van der Waals surface area contributed by atoms with E-state index >= 15 is 0 Å². The Morgan fingerprint density at radius 1 is 0.413 bits per heavy atom. The van der Waals surface area contributed by atoms with E-state index in [1.165, 1.54) is 32.6 Å². The second kappa shape index (κ2) is 10.2. The van der Waals surface area contributed by atoms with Crippen molar-refractivity contribution in [1.29, 1.82) is 0 Å².